The molecular formula is C21H22BrN3O2S. The normalized spacial score (nSPS) is 23.7. The summed E-state index contributed by atoms with van der Waals surface area (Å²) in [7, 11) is 0. The van der Waals surface area contributed by atoms with Gasteiger partial charge < -0.3 is 14.8 Å². The van der Waals surface area contributed by atoms with E-state index in [0.29, 0.717) is 36.4 Å². The second-order valence-electron chi connectivity index (χ2n) is 7.83. The zero-order valence-corrected chi connectivity index (χ0v) is 17.9. The number of anilines is 2. The van der Waals surface area contributed by atoms with Crippen LogP contribution < -0.4 is 5.32 Å². The van der Waals surface area contributed by atoms with Gasteiger partial charge in [-0.15, -0.1) is 0 Å². The second kappa shape index (κ2) is 7.35. The molecule has 2 unspecified atom stereocenters. The molecule has 2 fully saturated rings. The molecule has 0 spiro atoms. The lowest BCUT2D eigenvalue weighted by Crippen LogP contribution is -2.44. The first-order valence-corrected chi connectivity index (χ1v) is 12.1. The van der Waals surface area contributed by atoms with Crippen LogP contribution in [0.15, 0.2) is 34.9 Å². The molecule has 146 valence electrons. The monoisotopic (exact) mass is 459 g/mol. The average Bonchev–Trinajstić information content (AvgIpc) is 3.31. The van der Waals surface area contributed by atoms with E-state index < -0.39 is 11.2 Å². The van der Waals surface area contributed by atoms with Crippen molar-refractivity contribution < 1.29 is 9.35 Å². The summed E-state index contributed by atoms with van der Waals surface area (Å²) in [6.45, 7) is 1.15. The quantitative estimate of drug-likeness (QED) is 0.699. The number of nitrogens with one attached hydrogen (secondary N) is 1. The van der Waals surface area contributed by atoms with Gasteiger partial charge in [0.1, 0.15) is 17.3 Å². The zero-order chi connectivity index (χ0) is 19.3. The van der Waals surface area contributed by atoms with E-state index in [-0.39, 0.29) is 5.91 Å². The van der Waals surface area contributed by atoms with Gasteiger partial charge in [0.15, 0.2) is 0 Å². The molecule has 0 radical (unpaired) electrons. The van der Waals surface area contributed by atoms with Gasteiger partial charge in [-0.05, 0) is 54.9 Å². The molecule has 1 aromatic heterocycles. The molecule has 2 aliphatic carbocycles. The molecule has 1 saturated heterocycles. The standard InChI is InChI=1S/C21H22BrN3O2S/c22-15-2-1-3-16(11-15)24-20-19-14-5-4-13(10-14)18(19)17(12-23-20)21(26)25-6-8-28(27)9-7-25/h1-3,11-14H,4-10H2,(H,23,24). The SMILES string of the molecule is O=C(c1cnc(Nc2cccc(Br)c2)c2c1C1CCC2C1)N1CC[S+]([O-])CC1. The highest BCUT2D eigenvalue weighted by Gasteiger charge is 2.42. The maximum Gasteiger partial charge on any atom is 0.256 e. The molecule has 5 nitrogen and oxygen atoms in total. The van der Waals surface area contributed by atoms with Crippen LogP contribution in [0.3, 0.4) is 0 Å². The van der Waals surface area contributed by atoms with Crippen LogP contribution in [0.1, 0.15) is 52.6 Å². The number of aromatic nitrogens is 1. The average molecular weight is 460 g/mol. The number of carbonyl (C=O) groups is 1. The lowest BCUT2D eigenvalue weighted by atomic mass is 9.88. The van der Waals surface area contributed by atoms with E-state index in [2.05, 4.69) is 21.2 Å². The summed E-state index contributed by atoms with van der Waals surface area (Å²) < 4.78 is 12.7. The number of hydrogen-bond acceptors (Lipinski definition) is 4. The van der Waals surface area contributed by atoms with Gasteiger partial charge in [0, 0.05) is 21.9 Å². The van der Waals surface area contributed by atoms with Crippen LogP contribution in [0.4, 0.5) is 11.5 Å². The molecule has 5 rings (SSSR count). The Morgan fingerprint density at radius 3 is 2.71 bits per heavy atom. The Morgan fingerprint density at radius 2 is 1.96 bits per heavy atom. The maximum absolute atomic E-state index is 13.2. The predicted molar refractivity (Wildman–Crippen MR) is 115 cm³/mol. The van der Waals surface area contributed by atoms with Crippen molar-refractivity contribution in [1.29, 1.82) is 0 Å². The van der Waals surface area contributed by atoms with Crippen molar-refractivity contribution in [1.82, 2.24) is 9.88 Å². The molecule has 3 aliphatic rings. The largest absolute Gasteiger partial charge is 0.616 e. The smallest absolute Gasteiger partial charge is 0.256 e. The number of fused-ring (bicyclic) bond motifs is 5. The first kappa shape index (κ1) is 18.5. The van der Waals surface area contributed by atoms with Crippen LogP contribution in [0.25, 0.3) is 0 Å². The predicted octanol–water partition coefficient (Wildman–Crippen LogP) is 4.16. The van der Waals surface area contributed by atoms with Crippen molar-refractivity contribution in [3.63, 3.8) is 0 Å². The van der Waals surface area contributed by atoms with Crippen LogP contribution in [0.5, 0.6) is 0 Å². The van der Waals surface area contributed by atoms with Gasteiger partial charge >= 0.3 is 0 Å². The van der Waals surface area contributed by atoms with Gasteiger partial charge in [0.05, 0.1) is 18.7 Å². The van der Waals surface area contributed by atoms with Crippen LogP contribution in [0.2, 0.25) is 0 Å². The van der Waals surface area contributed by atoms with Gasteiger partial charge in [-0.1, -0.05) is 33.2 Å². The summed E-state index contributed by atoms with van der Waals surface area (Å²) in [5.74, 6) is 3.05. The number of rotatable bonds is 3. The minimum atomic E-state index is -0.786. The summed E-state index contributed by atoms with van der Waals surface area (Å²) in [6.07, 6.45) is 5.21. The second-order valence-corrected chi connectivity index (χ2v) is 10.4. The highest BCUT2D eigenvalue weighted by molar-refractivity contribution is 9.10. The topological polar surface area (TPSA) is 68.3 Å². The molecule has 1 N–H and O–H groups in total. The van der Waals surface area contributed by atoms with Gasteiger partial charge in [-0.3, -0.25) is 4.79 Å². The lowest BCUT2D eigenvalue weighted by molar-refractivity contribution is 0.0768. The summed E-state index contributed by atoms with van der Waals surface area (Å²) >= 11 is 2.73. The van der Waals surface area contributed by atoms with Crippen LogP contribution in [-0.2, 0) is 11.2 Å². The summed E-state index contributed by atoms with van der Waals surface area (Å²) in [5, 5.41) is 3.48. The molecule has 28 heavy (non-hydrogen) atoms. The van der Waals surface area contributed by atoms with Gasteiger partial charge in [0.25, 0.3) is 5.91 Å². The Kier molecular flexibility index (Phi) is 4.85. The Labute approximate surface area is 176 Å². The Balaban J connectivity index is 1.50. The van der Waals surface area contributed by atoms with Crippen molar-refractivity contribution in [2.45, 2.75) is 31.1 Å². The number of amides is 1. The number of nitrogens with zero attached hydrogens (tertiary/aromatic N) is 2. The van der Waals surface area contributed by atoms with Crippen molar-refractivity contribution in [3.05, 3.63) is 51.6 Å². The van der Waals surface area contributed by atoms with Gasteiger partial charge in [-0.25, -0.2) is 4.98 Å². The molecule has 7 heteroatoms. The van der Waals surface area contributed by atoms with E-state index in [1.807, 2.05) is 29.2 Å². The first-order chi connectivity index (χ1) is 13.6. The molecule has 1 amide bonds. The van der Waals surface area contributed by atoms with Crippen molar-refractivity contribution in [3.8, 4) is 0 Å². The van der Waals surface area contributed by atoms with Crippen molar-refractivity contribution in [2.24, 2.45) is 0 Å². The van der Waals surface area contributed by atoms with E-state index in [4.69, 9.17) is 4.98 Å². The van der Waals surface area contributed by atoms with Crippen LogP contribution in [-0.4, -0.2) is 44.9 Å². The van der Waals surface area contributed by atoms with Crippen molar-refractivity contribution in [2.75, 3.05) is 29.9 Å². The minimum absolute atomic E-state index is 0.0574. The summed E-state index contributed by atoms with van der Waals surface area (Å²) in [6, 6.07) is 8.06. The van der Waals surface area contributed by atoms with Crippen LogP contribution >= 0.6 is 15.9 Å². The Morgan fingerprint density at radius 1 is 1.21 bits per heavy atom. The number of halogens is 1. The van der Waals surface area contributed by atoms with E-state index in [1.165, 1.54) is 17.5 Å². The zero-order valence-electron chi connectivity index (χ0n) is 15.5. The molecule has 2 aromatic rings. The van der Waals surface area contributed by atoms with Gasteiger partial charge in [0.2, 0.25) is 0 Å². The summed E-state index contributed by atoms with van der Waals surface area (Å²) in [4.78, 5) is 19.8. The number of hydrogen-bond donors (Lipinski definition) is 1. The minimum Gasteiger partial charge on any atom is -0.616 e. The number of benzene rings is 1. The molecule has 2 heterocycles. The lowest BCUT2D eigenvalue weighted by Gasteiger charge is -2.30. The summed E-state index contributed by atoms with van der Waals surface area (Å²) in [5.41, 5.74) is 4.20. The maximum atomic E-state index is 13.2. The fourth-order valence-corrected chi connectivity index (χ4v) is 6.34. The Bertz CT molecular complexity index is 930. The third kappa shape index (κ3) is 3.23. The highest BCUT2D eigenvalue weighted by Crippen LogP contribution is 2.56. The van der Waals surface area contributed by atoms with Gasteiger partial charge in [-0.2, -0.15) is 0 Å². The Hall–Kier alpha value is -1.57. The van der Waals surface area contributed by atoms with E-state index in [1.54, 1.807) is 6.20 Å². The van der Waals surface area contributed by atoms with E-state index in [0.717, 1.165) is 34.4 Å². The van der Waals surface area contributed by atoms with E-state index >= 15 is 0 Å². The molecule has 1 aliphatic heterocycles. The molecule has 1 saturated carbocycles. The molecule has 1 aromatic carbocycles. The first-order valence-electron chi connectivity index (χ1n) is 9.80. The van der Waals surface area contributed by atoms with Crippen LogP contribution in [0, 0.1) is 0 Å². The molecular weight excluding hydrogens is 438 g/mol. The fourth-order valence-electron chi connectivity index (χ4n) is 4.88. The number of carbonyl (C=O) groups excluding carboxylic acids is 1. The molecule has 2 bridgehead atoms. The van der Waals surface area contributed by atoms with E-state index in [9.17, 15) is 9.35 Å². The fraction of sp³-hybridized carbons (Fsp3) is 0.429. The number of pyridine rings is 1. The highest BCUT2D eigenvalue weighted by atomic mass is 79.9. The van der Waals surface area contributed by atoms with Crippen molar-refractivity contribution >= 4 is 44.5 Å². The third-order valence-corrected chi connectivity index (χ3v) is 7.96. The third-order valence-electron chi connectivity index (χ3n) is 6.19. The molecule has 2 atom stereocenters.